The van der Waals surface area contributed by atoms with E-state index in [0.717, 1.165) is 10.8 Å². The van der Waals surface area contributed by atoms with Crippen molar-refractivity contribution in [2.24, 2.45) is 11.7 Å². The maximum atomic E-state index is 4.00. The van der Waals surface area contributed by atoms with E-state index in [4.69, 9.17) is 0 Å². The molecule has 0 aliphatic carbocycles. The molecular formula is C8H11ClN4. The summed E-state index contributed by atoms with van der Waals surface area (Å²) in [6, 6.07) is 8.02. The van der Waals surface area contributed by atoms with E-state index in [0.29, 0.717) is 0 Å². The zero-order valence-electron chi connectivity index (χ0n) is 6.92. The third kappa shape index (κ3) is 2.95. The van der Waals surface area contributed by atoms with E-state index < -0.39 is 0 Å². The minimum atomic E-state index is 0. The first-order chi connectivity index (χ1) is 5.97. The average molecular weight is 199 g/mol. The predicted octanol–water partition coefficient (Wildman–Crippen LogP) is 0.870. The summed E-state index contributed by atoms with van der Waals surface area (Å²) in [5.74, 6) is 8.00. The normalized spacial score (nSPS) is 8.15. The fraction of sp³-hybridized carbons (Fsp3) is 0. The van der Waals surface area contributed by atoms with Gasteiger partial charge >= 0.3 is 0 Å². The minimum Gasteiger partial charge on any atom is -0.274 e. The van der Waals surface area contributed by atoms with Crippen LogP contribution in [0.2, 0.25) is 0 Å². The van der Waals surface area contributed by atoms with Gasteiger partial charge < -0.3 is 0 Å². The molecule has 0 amide bonds. The van der Waals surface area contributed by atoms with Crippen molar-refractivity contribution in [1.82, 2.24) is 10.2 Å². The van der Waals surface area contributed by atoms with Gasteiger partial charge in [0, 0.05) is 10.8 Å². The third-order valence-corrected chi connectivity index (χ3v) is 1.46. The highest BCUT2D eigenvalue weighted by Crippen LogP contribution is 2.08. The Kier molecular flexibility index (Phi) is 5.71. The molecule has 1 aromatic carbocycles. The Labute approximate surface area is 82.3 Å². The lowest BCUT2D eigenvalue weighted by Crippen LogP contribution is -2.02. The highest BCUT2D eigenvalue weighted by atomic mass is 35.5. The molecule has 2 rings (SSSR count). The van der Waals surface area contributed by atoms with E-state index in [1.807, 2.05) is 24.3 Å². The molecule has 0 saturated heterocycles. The zero-order valence-corrected chi connectivity index (χ0v) is 7.74. The van der Waals surface area contributed by atoms with E-state index in [9.17, 15) is 0 Å². The maximum absolute atomic E-state index is 4.00. The van der Waals surface area contributed by atoms with Gasteiger partial charge in [-0.25, -0.2) is 0 Å². The highest BCUT2D eigenvalue weighted by molar-refractivity contribution is 5.85. The number of aromatic nitrogens is 2. The van der Waals surface area contributed by atoms with E-state index in [-0.39, 0.29) is 12.4 Å². The van der Waals surface area contributed by atoms with Crippen LogP contribution in [0.15, 0.2) is 36.7 Å². The summed E-state index contributed by atoms with van der Waals surface area (Å²) in [5, 5.41) is 9.80. The third-order valence-electron chi connectivity index (χ3n) is 1.46. The zero-order chi connectivity index (χ0) is 8.81. The number of hydrazine groups is 1. The summed E-state index contributed by atoms with van der Waals surface area (Å²) in [5.41, 5.74) is 0. The lowest BCUT2D eigenvalue weighted by atomic mass is 10.2. The first kappa shape index (κ1) is 11.8. The van der Waals surface area contributed by atoms with E-state index in [1.165, 1.54) is 0 Å². The standard InChI is InChI=1S/C8H6N2.ClH.H4N2/c1-2-4-8-6-10-9-5-7(8)3-1;;1-2/h1-6H;1H;1-2H2. The van der Waals surface area contributed by atoms with Crippen LogP contribution in [0.1, 0.15) is 0 Å². The quantitative estimate of drug-likeness (QED) is 0.487. The van der Waals surface area contributed by atoms with Crippen molar-refractivity contribution in [1.29, 1.82) is 0 Å². The van der Waals surface area contributed by atoms with E-state index >= 15 is 0 Å². The molecule has 0 bridgehead atoms. The van der Waals surface area contributed by atoms with Crippen molar-refractivity contribution in [3.05, 3.63) is 36.7 Å². The van der Waals surface area contributed by atoms with Crippen molar-refractivity contribution in [2.45, 2.75) is 0 Å². The van der Waals surface area contributed by atoms with Crippen LogP contribution in [0.4, 0.5) is 0 Å². The molecule has 1 heterocycles. The van der Waals surface area contributed by atoms with Gasteiger partial charge in [0.05, 0.1) is 12.4 Å². The van der Waals surface area contributed by atoms with Crippen LogP contribution in [0.3, 0.4) is 0 Å². The number of hydrogen-bond donors (Lipinski definition) is 2. The lowest BCUT2D eigenvalue weighted by molar-refractivity contribution is 1.05. The first-order valence-corrected chi connectivity index (χ1v) is 3.45. The molecule has 0 fully saturated rings. The van der Waals surface area contributed by atoms with Crippen LogP contribution in [-0.2, 0) is 0 Å². The second-order valence-electron chi connectivity index (χ2n) is 2.12. The van der Waals surface area contributed by atoms with Gasteiger partial charge in [-0.3, -0.25) is 11.7 Å². The maximum Gasteiger partial charge on any atom is 0.0574 e. The van der Waals surface area contributed by atoms with Gasteiger partial charge in [0.1, 0.15) is 0 Å². The van der Waals surface area contributed by atoms with Crippen LogP contribution >= 0.6 is 12.4 Å². The molecule has 4 N–H and O–H groups in total. The van der Waals surface area contributed by atoms with Gasteiger partial charge in [-0.05, 0) is 0 Å². The summed E-state index contributed by atoms with van der Waals surface area (Å²) >= 11 is 0. The van der Waals surface area contributed by atoms with Gasteiger partial charge in [-0.15, -0.1) is 12.4 Å². The molecule has 13 heavy (non-hydrogen) atoms. The van der Waals surface area contributed by atoms with Crippen LogP contribution in [-0.4, -0.2) is 10.2 Å². The number of fused-ring (bicyclic) bond motifs is 1. The monoisotopic (exact) mass is 198 g/mol. The number of hydrogen-bond acceptors (Lipinski definition) is 4. The number of rotatable bonds is 0. The van der Waals surface area contributed by atoms with Crippen LogP contribution in [0.25, 0.3) is 10.8 Å². The molecule has 0 spiro atoms. The summed E-state index contributed by atoms with van der Waals surface area (Å²) in [6.07, 6.45) is 3.52. The Hall–Kier alpha value is -1.23. The van der Waals surface area contributed by atoms with Crippen molar-refractivity contribution in [3.8, 4) is 0 Å². The molecule has 0 saturated carbocycles. The summed E-state index contributed by atoms with van der Waals surface area (Å²) in [6.45, 7) is 0. The average Bonchev–Trinajstić information content (AvgIpc) is 2.21. The molecule has 4 nitrogen and oxygen atoms in total. The van der Waals surface area contributed by atoms with Crippen molar-refractivity contribution in [2.75, 3.05) is 0 Å². The first-order valence-electron chi connectivity index (χ1n) is 3.45. The number of benzene rings is 1. The van der Waals surface area contributed by atoms with E-state index in [1.54, 1.807) is 12.4 Å². The largest absolute Gasteiger partial charge is 0.274 e. The van der Waals surface area contributed by atoms with Gasteiger partial charge in [0.25, 0.3) is 0 Å². The Morgan fingerprint density at radius 1 is 0.846 bits per heavy atom. The van der Waals surface area contributed by atoms with Crippen molar-refractivity contribution in [3.63, 3.8) is 0 Å². The number of halogens is 1. The van der Waals surface area contributed by atoms with Crippen LogP contribution < -0.4 is 11.7 Å². The number of nitrogens with zero attached hydrogens (tertiary/aromatic N) is 2. The fourth-order valence-electron chi connectivity index (χ4n) is 0.937. The second-order valence-corrected chi connectivity index (χ2v) is 2.12. The summed E-state index contributed by atoms with van der Waals surface area (Å²) in [4.78, 5) is 0. The Balaban J connectivity index is 0.000000451. The molecule has 0 aliphatic heterocycles. The van der Waals surface area contributed by atoms with Gasteiger partial charge in [-0.1, -0.05) is 24.3 Å². The molecule has 70 valence electrons. The second kappa shape index (κ2) is 6.30. The molecule has 0 unspecified atom stereocenters. The lowest BCUT2D eigenvalue weighted by Gasteiger charge is -1.90. The van der Waals surface area contributed by atoms with Gasteiger partial charge in [-0.2, -0.15) is 10.2 Å². The molecule has 2 aromatic rings. The highest BCUT2D eigenvalue weighted by Gasteiger charge is 1.87. The molecule has 0 radical (unpaired) electrons. The Morgan fingerprint density at radius 3 is 1.62 bits per heavy atom. The Morgan fingerprint density at radius 2 is 1.23 bits per heavy atom. The van der Waals surface area contributed by atoms with Crippen LogP contribution in [0, 0.1) is 0 Å². The summed E-state index contributed by atoms with van der Waals surface area (Å²) < 4.78 is 0. The van der Waals surface area contributed by atoms with Gasteiger partial charge in [0.15, 0.2) is 0 Å². The molecule has 0 atom stereocenters. The molecular weight excluding hydrogens is 188 g/mol. The SMILES string of the molecule is Cl.NN.c1ccc2cnncc2c1. The fourth-order valence-corrected chi connectivity index (χ4v) is 0.937. The number of nitrogens with two attached hydrogens (primary N) is 2. The van der Waals surface area contributed by atoms with Crippen LogP contribution in [0.5, 0.6) is 0 Å². The van der Waals surface area contributed by atoms with E-state index in [2.05, 4.69) is 21.9 Å². The minimum absolute atomic E-state index is 0. The summed E-state index contributed by atoms with van der Waals surface area (Å²) in [7, 11) is 0. The Bertz CT molecular complexity index is 287. The predicted molar refractivity (Wildman–Crippen MR) is 55.2 cm³/mol. The molecule has 5 heteroatoms. The smallest absolute Gasteiger partial charge is 0.0574 e. The molecule has 1 aromatic heterocycles. The van der Waals surface area contributed by atoms with Gasteiger partial charge in [0.2, 0.25) is 0 Å². The van der Waals surface area contributed by atoms with Crippen molar-refractivity contribution >= 4 is 23.2 Å². The topological polar surface area (TPSA) is 77.8 Å². The molecule has 0 aliphatic rings. The van der Waals surface area contributed by atoms with Crippen molar-refractivity contribution < 1.29 is 0 Å².